The summed E-state index contributed by atoms with van der Waals surface area (Å²) in [5, 5.41) is 6.25. The smallest absolute Gasteiger partial charge is 0.305 e. The lowest BCUT2D eigenvalue weighted by Crippen LogP contribution is -2.33. The van der Waals surface area contributed by atoms with Crippen LogP contribution in [0.2, 0.25) is 5.02 Å². The predicted molar refractivity (Wildman–Crippen MR) is 164 cm³/mol. The Bertz CT molecular complexity index is 1610. The number of amides is 1. The molecule has 12 heteroatoms. The molecule has 0 spiro atoms. The second-order valence-electron chi connectivity index (χ2n) is 9.93. The number of methoxy groups -OCH3 is 1. The Morgan fingerprint density at radius 3 is 2.90 bits per heavy atom. The summed E-state index contributed by atoms with van der Waals surface area (Å²) in [5.41, 5.74) is 0.759. The van der Waals surface area contributed by atoms with Gasteiger partial charge in [0.15, 0.2) is 10.9 Å². The van der Waals surface area contributed by atoms with Crippen LogP contribution in [0, 0.1) is 5.82 Å². The standard InChI is InChI=1S/C30H29ClFN3O5S2/c1-39-28(37)9-8-21-14-33-30(42-21)35-10-4-5-19(35)15-40-16-20(36)11-18-12-24(31)26(13-25(18)32)34-29(38)23-17-41-27-7-3-2-6-22(23)27/h2-3,6-7,12-14,17,19H,4-5,8-11,15-16H2,1H3,(H,34,38)/t19-/m0/s1. The van der Waals surface area contributed by atoms with Crippen LogP contribution in [0.15, 0.2) is 48.0 Å². The maximum absolute atomic E-state index is 14.9. The van der Waals surface area contributed by atoms with E-state index in [0.717, 1.165) is 45.5 Å². The SMILES string of the molecule is COC(=O)CCc1cnc(N2CCC[C@H]2COCC(=O)Cc2cc(Cl)c(NC(=O)c3csc4ccccc34)cc2F)s1. The molecule has 5 rings (SSSR count). The zero-order chi connectivity index (χ0) is 29.6. The van der Waals surface area contributed by atoms with Crippen LogP contribution in [0.25, 0.3) is 10.1 Å². The highest BCUT2D eigenvalue weighted by atomic mass is 35.5. The molecule has 4 aromatic rings. The van der Waals surface area contributed by atoms with Gasteiger partial charge in [0.2, 0.25) is 0 Å². The molecule has 1 fully saturated rings. The Balaban J connectivity index is 1.12. The molecule has 0 bridgehead atoms. The van der Waals surface area contributed by atoms with Gasteiger partial charge < -0.3 is 19.7 Å². The number of hydrogen-bond acceptors (Lipinski definition) is 9. The lowest BCUT2D eigenvalue weighted by molar-refractivity contribution is -0.140. The molecule has 1 atom stereocenters. The first kappa shape index (κ1) is 30.1. The molecule has 1 N–H and O–H groups in total. The number of rotatable bonds is 12. The third-order valence-corrected chi connectivity index (χ3v) is 9.41. The van der Waals surface area contributed by atoms with E-state index in [1.807, 2.05) is 24.3 Å². The number of aryl methyl sites for hydroxylation is 1. The van der Waals surface area contributed by atoms with Crippen LogP contribution < -0.4 is 10.2 Å². The summed E-state index contributed by atoms with van der Waals surface area (Å²) in [5.74, 6) is -1.56. The van der Waals surface area contributed by atoms with Crippen molar-refractivity contribution in [1.82, 2.24) is 4.98 Å². The summed E-state index contributed by atoms with van der Waals surface area (Å²) in [7, 11) is 1.37. The Morgan fingerprint density at radius 2 is 2.07 bits per heavy atom. The van der Waals surface area contributed by atoms with E-state index in [1.54, 1.807) is 11.6 Å². The van der Waals surface area contributed by atoms with Crippen molar-refractivity contribution in [3.63, 3.8) is 0 Å². The van der Waals surface area contributed by atoms with Gasteiger partial charge in [0, 0.05) is 39.5 Å². The van der Waals surface area contributed by atoms with Gasteiger partial charge in [0.05, 0.1) is 42.5 Å². The van der Waals surface area contributed by atoms with Crippen molar-refractivity contribution < 1.29 is 28.2 Å². The van der Waals surface area contributed by atoms with E-state index in [1.165, 1.54) is 35.8 Å². The lowest BCUT2D eigenvalue weighted by Gasteiger charge is -2.23. The fraction of sp³-hybridized carbons (Fsp3) is 0.333. The number of anilines is 2. The molecule has 0 aliphatic carbocycles. The molecule has 1 aliphatic heterocycles. The van der Waals surface area contributed by atoms with Gasteiger partial charge in [0.1, 0.15) is 12.4 Å². The molecular formula is C30H29ClFN3O5S2. The number of thiazole rings is 1. The molecule has 1 amide bonds. The number of hydrogen-bond donors (Lipinski definition) is 1. The highest BCUT2D eigenvalue weighted by Crippen LogP contribution is 2.31. The Kier molecular flexibility index (Phi) is 9.84. The van der Waals surface area contributed by atoms with Crippen molar-refractivity contribution in [3.8, 4) is 0 Å². The molecule has 220 valence electrons. The third-order valence-electron chi connectivity index (χ3n) is 7.04. The van der Waals surface area contributed by atoms with Crippen molar-refractivity contribution in [2.75, 3.05) is 37.1 Å². The van der Waals surface area contributed by atoms with Gasteiger partial charge in [-0.05, 0) is 43.0 Å². The number of fused-ring (bicyclic) bond motifs is 1. The molecule has 3 heterocycles. The van der Waals surface area contributed by atoms with E-state index >= 15 is 0 Å². The molecule has 0 saturated carbocycles. The Labute approximate surface area is 255 Å². The first-order valence-corrected chi connectivity index (χ1v) is 15.5. The van der Waals surface area contributed by atoms with E-state index in [9.17, 15) is 18.8 Å². The average Bonchev–Trinajstić information content (AvgIpc) is 3.74. The number of nitrogens with one attached hydrogen (secondary N) is 1. The summed E-state index contributed by atoms with van der Waals surface area (Å²) < 4.78 is 26.3. The number of ketones is 1. The van der Waals surface area contributed by atoms with Crippen LogP contribution in [0.5, 0.6) is 0 Å². The Morgan fingerprint density at radius 1 is 1.24 bits per heavy atom. The number of esters is 1. The number of aromatic nitrogens is 1. The molecule has 2 aromatic carbocycles. The highest BCUT2D eigenvalue weighted by molar-refractivity contribution is 7.17. The molecule has 8 nitrogen and oxygen atoms in total. The molecule has 0 unspecified atom stereocenters. The number of carbonyl (C=O) groups excluding carboxylic acids is 3. The van der Waals surface area contributed by atoms with Crippen LogP contribution in [-0.2, 0) is 31.9 Å². The van der Waals surface area contributed by atoms with Crippen molar-refractivity contribution in [1.29, 1.82) is 0 Å². The number of halogens is 2. The van der Waals surface area contributed by atoms with Gasteiger partial charge in [0.25, 0.3) is 5.91 Å². The second-order valence-corrected chi connectivity index (χ2v) is 12.3. The summed E-state index contributed by atoms with van der Waals surface area (Å²) in [4.78, 5) is 44.6. The molecular weight excluding hydrogens is 601 g/mol. The molecule has 0 radical (unpaired) electrons. The fourth-order valence-corrected chi connectivity index (χ4v) is 7.05. The summed E-state index contributed by atoms with van der Waals surface area (Å²) in [6.45, 7) is 1.02. The van der Waals surface area contributed by atoms with E-state index in [4.69, 9.17) is 21.1 Å². The van der Waals surface area contributed by atoms with Crippen molar-refractivity contribution in [3.05, 3.63) is 74.8 Å². The Hall–Kier alpha value is -3.38. The van der Waals surface area contributed by atoms with Crippen LogP contribution in [0.1, 0.15) is 40.1 Å². The van der Waals surface area contributed by atoms with Crippen LogP contribution in [0.4, 0.5) is 15.2 Å². The van der Waals surface area contributed by atoms with Crippen LogP contribution in [-0.4, -0.2) is 55.6 Å². The van der Waals surface area contributed by atoms with E-state index in [-0.39, 0.29) is 53.0 Å². The van der Waals surface area contributed by atoms with Gasteiger partial charge in [-0.1, -0.05) is 29.8 Å². The third kappa shape index (κ3) is 7.15. The fourth-order valence-electron chi connectivity index (χ4n) is 4.87. The highest BCUT2D eigenvalue weighted by Gasteiger charge is 2.27. The monoisotopic (exact) mass is 629 g/mol. The van der Waals surface area contributed by atoms with Crippen LogP contribution >= 0.6 is 34.3 Å². The minimum absolute atomic E-state index is 0.0758. The maximum atomic E-state index is 14.9. The van der Waals surface area contributed by atoms with E-state index in [0.29, 0.717) is 25.0 Å². The van der Waals surface area contributed by atoms with Gasteiger partial charge in [-0.2, -0.15) is 0 Å². The second kappa shape index (κ2) is 13.7. The molecule has 1 saturated heterocycles. The number of nitrogens with zero attached hydrogens (tertiary/aromatic N) is 2. The van der Waals surface area contributed by atoms with Crippen molar-refractivity contribution in [2.24, 2.45) is 0 Å². The normalized spacial score (nSPS) is 14.8. The van der Waals surface area contributed by atoms with Gasteiger partial charge in [-0.15, -0.1) is 22.7 Å². The van der Waals surface area contributed by atoms with E-state index in [2.05, 4.69) is 15.2 Å². The lowest BCUT2D eigenvalue weighted by atomic mass is 10.1. The molecule has 42 heavy (non-hydrogen) atoms. The number of thiophene rings is 1. The summed E-state index contributed by atoms with van der Waals surface area (Å²) in [6, 6.07) is 10.1. The average molecular weight is 630 g/mol. The molecule has 2 aromatic heterocycles. The maximum Gasteiger partial charge on any atom is 0.305 e. The number of ether oxygens (including phenoxy) is 2. The summed E-state index contributed by atoms with van der Waals surface area (Å²) >= 11 is 9.35. The minimum Gasteiger partial charge on any atom is -0.469 e. The van der Waals surface area contributed by atoms with Crippen molar-refractivity contribution in [2.45, 2.75) is 38.1 Å². The first-order valence-electron chi connectivity index (χ1n) is 13.5. The molecule has 1 aliphatic rings. The predicted octanol–water partition coefficient (Wildman–Crippen LogP) is 6.31. The number of carbonyl (C=O) groups is 3. The van der Waals surface area contributed by atoms with Gasteiger partial charge in [-0.25, -0.2) is 9.37 Å². The largest absolute Gasteiger partial charge is 0.469 e. The quantitative estimate of drug-likeness (QED) is 0.184. The van der Waals surface area contributed by atoms with E-state index < -0.39 is 5.82 Å². The van der Waals surface area contributed by atoms with Crippen LogP contribution in [0.3, 0.4) is 0 Å². The number of Topliss-reactive ketones (excluding diaryl/α,β-unsaturated/α-hetero) is 1. The van der Waals surface area contributed by atoms with Gasteiger partial charge in [-0.3, -0.25) is 14.4 Å². The van der Waals surface area contributed by atoms with Gasteiger partial charge >= 0.3 is 5.97 Å². The van der Waals surface area contributed by atoms with Crippen molar-refractivity contribution >= 4 is 72.8 Å². The summed E-state index contributed by atoms with van der Waals surface area (Å²) in [6.07, 6.45) is 4.37. The number of benzene rings is 2. The first-order chi connectivity index (χ1) is 20.3. The zero-order valence-corrected chi connectivity index (χ0v) is 25.3. The topological polar surface area (TPSA) is 97.8 Å². The minimum atomic E-state index is -0.632. The zero-order valence-electron chi connectivity index (χ0n) is 22.9.